The topological polar surface area (TPSA) is 83.6 Å². The predicted molar refractivity (Wildman–Crippen MR) is 139 cm³/mol. The molecule has 37 heavy (non-hydrogen) atoms. The first-order valence-corrected chi connectivity index (χ1v) is 12.2. The van der Waals surface area contributed by atoms with E-state index in [0.717, 1.165) is 16.8 Å². The van der Waals surface area contributed by atoms with E-state index in [-0.39, 0.29) is 17.5 Å². The summed E-state index contributed by atoms with van der Waals surface area (Å²) in [5.41, 5.74) is 3.00. The van der Waals surface area contributed by atoms with Gasteiger partial charge in [0.2, 0.25) is 0 Å². The van der Waals surface area contributed by atoms with Gasteiger partial charge >= 0.3 is 11.7 Å². The van der Waals surface area contributed by atoms with E-state index >= 15 is 0 Å². The van der Waals surface area contributed by atoms with E-state index in [1.165, 1.54) is 27.7 Å². The minimum absolute atomic E-state index is 0.279. The molecule has 1 fully saturated rings. The van der Waals surface area contributed by atoms with Crippen LogP contribution in [0, 0.1) is 5.82 Å². The van der Waals surface area contributed by atoms with E-state index in [9.17, 15) is 19.1 Å². The summed E-state index contributed by atoms with van der Waals surface area (Å²) in [4.78, 5) is 29.2. The van der Waals surface area contributed by atoms with Crippen LogP contribution in [0.4, 0.5) is 10.1 Å². The zero-order valence-corrected chi connectivity index (χ0v) is 20.4. The Bertz CT molecular complexity index is 1410. The molecule has 3 aromatic carbocycles. The molecular weight excluding hydrogens is 473 g/mol. The third kappa shape index (κ3) is 5.03. The smallest absolute Gasteiger partial charge is 0.350 e. The highest BCUT2D eigenvalue weighted by Crippen LogP contribution is 2.25. The van der Waals surface area contributed by atoms with Gasteiger partial charge in [-0.25, -0.2) is 18.4 Å². The third-order valence-corrected chi connectivity index (χ3v) is 6.93. The van der Waals surface area contributed by atoms with Gasteiger partial charge in [-0.15, -0.1) is 0 Å². The summed E-state index contributed by atoms with van der Waals surface area (Å²) >= 11 is 0. The van der Waals surface area contributed by atoms with E-state index in [4.69, 9.17) is 0 Å². The number of aromatic nitrogens is 3. The Labute approximate surface area is 213 Å². The van der Waals surface area contributed by atoms with Crippen LogP contribution in [0.3, 0.4) is 0 Å². The lowest BCUT2D eigenvalue weighted by molar-refractivity contribution is -0.143. The van der Waals surface area contributed by atoms with Gasteiger partial charge in [0.25, 0.3) is 0 Å². The lowest BCUT2D eigenvalue weighted by Crippen LogP contribution is -2.49. The summed E-state index contributed by atoms with van der Waals surface area (Å²) < 4.78 is 16.1. The Balaban J connectivity index is 1.27. The molecule has 1 unspecified atom stereocenters. The first kappa shape index (κ1) is 24.5. The Morgan fingerprint density at radius 1 is 0.865 bits per heavy atom. The largest absolute Gasteiger partial charge is 0.480 e. The molecule has 0 radical (unpaired) electrons. The SMILES string of the molecule is C[C@H](c1ccc(F)cc1)n1ncn(-c2ccc(N3CCN(C(C(=O)O)c4ccccc4)CC3)cc2)c1=O. The van der Waals surface area contributed by atoms with Crippen LogP contribution < -0.4 is 10.6 Å². The van der Waals surface area contributed by atoms with Crippen molar-refractivity contribution < 1.29 is 14.3 Å². The molecular formula is C28H28FN5O3. The summed E-state index contributed by atoms with van der Waals surface area (Å²) in [6.45, 7) is 4.50. The molecule has 5 rings (SSSR count). The molecule has 1 aliphatic rings. The summed E-state index contributed by atoms with van der Waals surface area (Å²) in [6, 6.07) is 22.0. The minimum Gasteiger partial charge on any atom is -0.480 e. The van der Waals surface area contributed by atoms with Crippen molar-refractivity contribution in [2.75, 3.05) is 31.1 Å². The third-order valence-electron chi connectivity index (χ3n) is 6.93. The first-order valence-electron chi connectivity index (χ1n) is 12.2. The van der Waals surface area contributed by atoms with Crippen LogP contribution in [0.1, 0.15) is 30.1 Å². The average Bonchev–Trinajstić information content (AvgIpc) is 3.31. The van der Waals surface area contributed by atoms with Crippen molar-refractivity contribution in [1.82, 2.24) is 19.2 Å². The molecule has 0 spiro atoms. The van der Waals surface area contributed by atoms with Crippen LogP contribution in [0.5, 0.6) is 0 Å². The molecule has 1 N–H and O–H groups in total. The Morgan fingerprint density at radius 2 is 1.49 bits per heavy atom. The summed E-state index contributed by atoms with van der Waals surface area (Å²) in [6.07, 6.45) is 1.49. The number of halogens is 1. The number of carboxylic acids is 1. The number of nitrogens with zero attached hydrogens (tertiary/aromatic N) is 5. The van der Waals surface area contributed by atoms with Crippen LogP contribution >= 0.6 is 0 Å². The van der Waals surface area contributed by atoms with Crippen molar-refractivity contribution in [3.8, 4) is 5.69 Å². The van der Waals surface area contributed by atoms with E-state index in [1.54, 1.807) is 12.1 Å². The normalized spacial score (nSPS) is 15.9. The molecule has 1 saturated heterocycles. The van der Waals surface area contributed by atoms with E-state index in [0.29, 0.717) is 31.9 Å². The summed E-state index contributed by atoms with van der Waals surface area (Å²) in [5.74, 6) is -1.17. The lowest BCUT2D eigenvalue weighted by atomic mass is 10.0. The second-order valence-corrected chi connectivity index (χ2v) is 9.15. The van der Waals surface area contributed by atoms with Gasteiger partial charge in [-0.05, 0) is 54.4 Å². The van der Waals surface area contributed by atoms with Gasteiger partial charge in [-0.1, -0.05) is 42.5 Å². The van der Waals surface area contributed by atoms with Crippen molar-refractivity contribution in [3.05, 3.63) is 113 Å². The van der Waals surface area contributed by atoms with Crippen LogP contribution in [0.2, 0.25) is 0 Å². The van der Waals surface area contributed by atoms with Gasteiger partial charge in [-0.3, -0.25) is 9.69 Å². The highest BCUT2D eigenvalue weighted by molar-refractivity contribution is 5.75. The molecule has 0 amide bonds. The highest BCUT2D eigenvalue weighted by atomic mass is 19.1. The second kappa shape index (κ2) is 10.4. The van der Waals surface area contributed by atoms with E-state index in [2.05, 4.69) is 10.00 Å². The van der Waals surface area contributed by atoms with Gasteiger partial charge in [-0.2, -0.15) is 5.10 Å². The number of rotatable bonds is 7. The maximum atomic E-state index is 13.3. The van der Waals surface area contributed by atoms with E-state index in [1.807, 2.05) is 66.4 Å². The molecule has 0 saturated carbocycles. The molecule has 8 nitrogen and oxygen atoms in total. The Kier molecular flexibility index (Phi) is 6.87. The zero-order chi connectivity index (χ0) is 25.9. The van der Waals surface area contributed by atoms with Gasteiger partial charge in [0.15, 0.2) is 0 Å². The van der Waals surface area contributed by atoms with Crippen LogP contribution in [-0.2, 0) is 4.79 Å². The molecule has 4 aromatic rings. The number of aliphatic carboxylic acids is 1. The molecule has 2 heterocycles. The number of anilines is 1. The summed E-state index contributed by atoms with van der Waals surface area (Å²) in [7, 11) is 0. The molecule has 2 atom stereocenters. The Morgan fingerprint density at radius 3 is 2.11 bits per heavy atom. The van der Waals surface area contributed by atoms with Crippen molar-refractivity contribution in [2.45, 2.75) is 19.0 Å². The Hall–Kier alpha value is -4.24. The maximum absolute atomic E-state index is 13.3. The molecule has 0 aliphatic carbocycles. The van der Waals surface area contributed by atoms with Crippen LogP contribution in [0.15, 0.2) is 90.0 Å². The molecule has 1 aliphatic heterocycles. The van der Waals surface area contributed by atoms with Crippen molar-refractivity contribution in [1.29, 1.82) is 0 Å². The predicted octanol–water partition coefficient (Wildman–Crippen LogP) is 3.73. The minimum atomic E-state index is -0.844. The first-order chi connectivity index (χ1) is 17.9. The fourth-order valence-electron chi connectivity index (χ4n) is 4.85. The fourth-order valence-corrected chi connectivity index (χ4v) is 4.85. The highest BCUT2D eigenvalue weighted by Gasteiger charge is 2.30. The van der Waals surface area contributed by atoms with Gasteiger partial charge in [0.1, 0.15) is 18.2 Å². The van der Waals surface area contributed by atoms with Gasteiger partial charge < -0.3 is 10.0 Å². The summed E-state index contributed by atoms with van der Waals surface area (Å²) in [5, 5.41) is 14.1. The van der Waals surface area contributed by atoms with Crippen molar-refractivity contribution >= 4 is 11.7 Å². The molecule has 190 valence electrons. The molecule has 1 aromatic heterocycles. The number of hydrogen-bond donors (Lipinski definition) is 1. The van der Waals surface area contributed by atoms with Gasteiger partial charge in [0, 0.05) is 31.9 Å². The average molecular weight is 502 g/mol. The number of carbonyl (C=O) groups is 1. The molecule has 0 bridgehead atoms. The number of benzene rings is 3. The molecule has 9 heteroatoms. The quantitative estimate of drug-likeness (QED) is 0.416. The number of hydrogen-bond acceptors (Lipinski definition) is 5. The van der Waals surface area contributed by atoms with Crippen LogP contribution in [0.25, 0.3) is 5.69 Å². The van der Waals surface area contributed by atoms with Crippen molar-refractivity contribution in [2.24, 2.45) is 0 Å². The lowest BCUT2D eigenvalue weighted by Gasteiger charge is -2.39. The fraction of sp³-hybridized carbons (Fsp3) is 0.250. The van der Waals surface area contributed by atoms with E-state index < -0.39 is 12.0 Å². The number of piperazine rings is 1. The standard InChI is InChI=1S/C28H28FN5O3/c1-20(21-7-9-23(29)10-8-21)34-28(37)33(19-30-34)25-13-11-24(12-14-25)31-15-17-32(18-16-31)26(27(35)36)22-5-3-2-4-6-22/h2-14,19-20,26H,15-18H2,1H3,(H,35,36)/t20-,26?/m1/s1. The van der Waals surface area contributed by atoms with Gasteiger partial charge in [0.05, 0.1) is 11.7 Å². The van der Waals surface area contributed by atoms with Crippen molar-refractivity contribution in [3.63, 3.8) is 0 Å². The maximum Gasteiger partial charge on any atom is 0.350 e. The number of carboxylic acid groups (broad SMARTS) is 1. The second-order valence-electron chi connectivity index (χ2n) is 9.15. The van der Waals surface area contributed by atoms with Crippen LogP contribution in [-0.4, -0.2) is 56.5 Å². The zero-order valence-electron chi connectivity index (χ0n) is 20.4. The monoisotopic (exact) mass is 501 g/mol.